The molecule has 0 aliphatic carbocycles. The molecule has 1 atom stereocenters. The molecule has 1 fully saturated rings. The minimum absolute atomic E-state index is 0.0107. The van der Waals surface area contributed by atoms with Gasteiger partial charge in [0.15, 0.2) is 5.82 Å². The van der Waals surface area contributed by atoms with Crippen LogP contribution in [-0.4, -0.2) is 36.9 Å². The highest BCUT2D eigenvalue weighted by Gasteiger charge is 2.32. The molecule has 1 aliphatic heterocycles. The number of imidazole rings is 1. The number of aryl methyl sites for hydroxylation is 2. The highest BCUT2D eigenvalue weighted by atomic mass is 16.5. The number of aromatic nitrogens is 4. The van der Waals surface area contributed by atoms with E-state index in [1.807, 2.05) is 84.1 Å². The van der Waals surface area contributed by atoms with E-state index in [1.54, 1.807) is 12.5 Å². The van der Waals surface area contributed by atoms with Crippen LogP contribution in [0.1, 0.15) is 58.3 Å². The average molecular weight is 468 g/mol. The van der Waals surface area contributed by atoms with Crippen molar-refractivity contribution in [3.8, 4) is 11.6 Å². The van der Waals surface area contributed by atoms with Crippen LogP contribution >= 0.6 is 0 Å². The van der Waals surface area contributed by atoms with Crippen molar-refractivity contribution in [3.63, 3.8) is 0 Å². The SMILES string of the molecule is Cc1ccc(Oc2cc(C)nc(C3CCCCN3C(=O)c3ccccc3Cn3ccnc3)n2)cc1. The van der Waals surface area contributed by atoms with Crippen LogP contribution in [0.3, 0.4) is 0 Å². The number of hydrogen-bond acceptors (Lipinski definition) is 5. The highest BCUT2D eigenvalue weighted by Crippen LogP contribution is 2.32. The highest BCUT2D eigenvalue weighted by molar-refractivity contribution is 5.96. The molecule has 35 heavy (non-hydrogen) atoms. The van der Waals surface area contributed by atoms with E-state index in [2.05, 4.69) is 4.98 Å². The molecule has 3 heterocycles. The van der Waals surface area contributed by atoms with Crippen LogP contribution in [0.4, 0.5) is 0 Å². The Hall–Kier alpha value is -4.00. The number of hydrogen-bond donors (Lipinski definition) is 0. The molecular formula is C28H29N5O2. The Morgan fingerprint density at radius 3 is 2.69 bits per heavy atom. The van der Waals surface area contributed by atoms with Crippen molar-refractivity contribution in [2.45, 2.75) is 45.7 Å². The van der Waals surface area contributed by atoms with Crippen molar-refractivity contribution in [1.82, 2.24) is 24.4 Å². The fraction of sp³-hybridized carbons (Fsp3) is 0.286. The topological polar surface area (TPSA) is 73.1 Å². The summed E-state index contributed by atoms with van der Waals surface area (Å²) in [5.41, 5.74) is 3.66. The van der Waals surface area contributed by atoms with Crippen LogP contribution < -0.4 is 4.74 Å². The summed E-state index contributed by atoms with van der Waals surface area (Å²) < 4.78 is 8.01. The lowest BCUT2D eigenvalue weighted by atomic mass is 9.98. The Morgan fingerprint density at radius 2 is 1.89 bits per heavy atom. The average Bonchev–Trinajstić information content (AvgIpc) is 3.38. The molecule has 0 N–H and O–H groups in total. The fourth-order valence-electron chi connectivity index (χ4n) is 4.53. The maximum Gasteiger partial charge on any atom is 0.254 e. The van der Waals surface area contributed by atoms with Crippen molar-refractivity contribution < 1.29 is 9.53 Å². The standard InChI is InChI=1S/C28H29N5O2/c1-20-10-12-23(13-11-20)35-26-17-21(2)30-27(31-26)25-9-5-6-15-33(25)28(34)24-8-4-3-7-22(24)18-32-16-14-29-19-32/h3-4,7-8,10-14,16-17,19,25H,5-6,9,15,18H2,1-2H3. The third-order valence-electron chi connectivity index (χ3n) is 6.31. The van der Waals surface area contributed by atoms with E-state index in [4.69, 9.17) is 14.7 Å². The molecule has 5 rings (SSSR count). The Bertz CT molecular complexity index is 1300. The second-order valence-electron chi connectivity index (χ2n) is 9.02. The van der Waals surface area contributed by atoms with E-state index in [0.717, 1.165) is 36.3 Å². The molecule has 178 valence electrons. The molecule has 0 radical (unpaired) electrons. The minimum atomic E-state index is -0.196. The maximum atomic E-state index is 13.8. The summed E-state index contributed by atoms with van der Waals surface area (Å²) in [6.07, 6.45) is 8.22. The number of piperidine rings is 1. The number of amides is 1. The van der Waals surface area contributed by atoms with Gasteiger partial charge in [0.25, 0.3) is 5.91 Å². The van der Waals surface area contributed by atoms with Crippen LogP contribution in [0.15, 0.2) is 73.3 Å². The summed E-state index contributed by atoms with van der Waals surface area (Å²) in [6.45, 7) is 5.24. The van der Waals surface area contributed by atoms with Gasteiger partial charge in [-0.1, -0.05) is 35.9 Å². The Balaban J connectivity index is 1.43. The molecule has 1 saturated heterocycles. The van der Waals surface area contributed by atoms with Gasteiger partial charge in [0.2, 0.25) is 5.88 Å². The summed E-state index contributed by atoms with van der Waals surface area (Å²) in [5, 5.41) is 0. The fourth-order valence-corrected chi connectivity index (χ4v) is 4.53. The lowest BCUT2D eigenvalue weighted by Gasteiger charge is -2.35. The predicted molar refractivity (Wildman–Crippen MR) is 133 cm³/mol. The van der Waals surface area contributed by atoms with E-state index in [9.17, 15) is 4.79 Å². The first-order chi connectivity index (χ1) is 17.1. The van der Waals surface area contributed by atoms with Gasteiger partial charge in [0.1, 0.15) is 5.75 Å². The largest absolute Gasteiger partial charge is 0.439 e. The van der Waals surface area contributed by atoms with Crippen LogP contribution in [0.2, 0.25) is 0 Å². The number of ether oxygens (including phenoxy) is 1. The van der Waals surface area contributed by atoms with Gasteiger partial charge >= 0.3 is 0 Å². The second kappa shape index (κ2) is 10.1. The zero-order valence-corrected chi connectivity index (χ0v) is 20.1. The Kier molecular flexibility index (Phi) is 6.57. The van der Waals surface area contributed by atoms with Gasteiger partial charge in [-0.2, -0.15) is 4.98 Å². The third-order valence-corrected chi connectivity index (χ3v) is 6.31. The molecule has 0 bridgehead atoms. The normalized spacial score (nSPS) is 15.7. The molecule has 1 unspecified atom stereocenters. The van der Waals surface area contributed by atoms with E-state index >= 15 is 0 Å². The molecular weight excluding hydrogens is 438 g/mol. The zero-order chi connectivity index (χ0) is 24.2. The molecule has 4 aromatic rings. The molecule has 0 spiro atoms. The monoisotopic (exact) mass is 467 g/mol. The minimum Gasteiger partial charge on any atom is -0.439 e. The van der Waals surface area contributed by atoms with Crippen molar-refractivity contribution in [3.05, 3.63) is 102 Å². The van der Waals surface area contributed by atoms with Gasteiger partial charge in [-0.25, -0.2) is 9.97 Å². The van der Waals surface area contributed by atoms with Crippen molar-refractivity contribution in [2.24, 2.45) is 0 Å². The van der Waals surface area contributed by atoms with Crippen molar-refractivity contribution >= 4 is 5.91 Å². The van der Waals surface area contributed by atoms with Crippen molar-refractivity contribution in [2.75, 3.05) is 6.54 Å². The maximum absolute atomic E-state index is 13.8. The summed E-state index contributed by atoms with van der Waals surface area (Å²) in [6, 6.07) is 17.3. The molecule has 1 amide bonds. The van der Waals surface area contributed by atoms with E-state index < -0.39 is 0 Å². The van der Waals surface area contributed by atoms with Gasteiger partial charge in [0.05, 0.1) is 12.4 Å². The first-order valence-corrected chi connectivity index (χ1v) is 12.0. The Morgan fingerprint density at radius 1 is 1.06 bits per heavy atom. The van der Waals surface area contributed by atoms with E-state index in [0.29, 0.717) is 30.4 Å². The smallest absolute Gasteiger partial charge is 0.254 e. The summed E-state index contributed by atoms with van der Waals surface area (Å²) in [4.78, 5) is 29.4. The van der Waals surface area contributed by atoms with Gasteiger partial charge in [-0.3, -0.25) is 4.79 Å². The molecule has 2 aromatic carbocycles. The lowest BCUT2D eigenvalue weighted by molar-refractivity contribution is 0.0597. The van der Waals surface area contributed by atoms with Gasteiger partial charge in [-0.05, 0) is 56.9 Å². The number of likely N-dealkylation sites (tertiary alicyclic amines) is 1. The van der Waals surface area contributed by atoms with Crippen LogP contribution in [-0.2, 0) is 6.54 Å². The molecule has 2 aromatic heterocycles. The summed E-state index contributed by atoms with van der Waals surface area (Å²) in [7, 11) is 0. The van der Waals surface area contributed by atoms with Crippen LogP contribution in [0.5, 0.6) is 11.6 Å². The van der Waals surface area contributed by atoms with Gasteiger partial charge < -0.3 is 14.2 Å². The van der Waals surface area contributed by atoms with Crippen LogP contribution in [0.25, 0.3) is 0 Å². The Labute approximate surface area is 205 Å². The predicted octanol–water partition coefficient (Wildman–Crippen LogP) is 5.50. The van der Waals surface area contributed by atoms with Gasteiger partial charge in [0, 0.05) is 42.8 Å². The quantitative estimate of drug-likeness (QED) is 0.374. The van der Waals surface area contributed by atoms with Crippen molar-refractivity contribution in [1.29, 1.82) is 0 Å². The number of carbonyl (C=O) groups is 1. The third kappa shape index (κ3) is 5.24. The second-order valence-corrected chi connectivity index (χ2v) is 9.02. The number of nitrogens with zero attached hydrogens (tertiary/aromatic N) is 5. The van der Waals surface area contributed by atoms with E-state index in [-0.39, 0.29) is 11.9 Å². The number of benzene rings is 2. The lowest BCUT2D eigenvalue weighted by Crippen LogP contribution is -2.39. The van der Waals surface area contributed by atoms with Crippen LogP contribution in [0, 0.1) is 13.8 Å². The first-order valence-electron chi connectivity index (χ1n) is 12.0. The summed E-state index contributed by atoms with van der Waals surface area (Å²) >= 11 is 0. The number of rotatable bonds is 6. The van der Waals surface area contributed by atoms with E-state index in [1.165, 1.54) is 5.56 Å². The molecule has 1 aliphatic rings. The molecule has 7 heteroatoms. The zero-order valence-electron chi connectivity index (χ0n) is 20.1. The summed E-state index contributed by atoms with van der Waals surface area (Å²) in [5.74, 6) is 1.86. The molecule has 0 saturated carbocycles. The van der Waals surface area contributed by atoms with Gasteiger partial charge in [-0.15, -0.1) is 0 Å². The molecule has 7 nitrogen and oxygen atoms in total. The first kappa shape index (κ1) is 22.8. The number of carbonyl (C=O) groups excluding carboxylic acids is 1.